The molecule has 0 atom stereocenters. The summed E-state index contributed by atoms with van der Waals surface area (Å²) in [5.74, 6) is 0.231. The van der Waals surface area contributed by atoms with Crippen LogP contribution in [-0.4, -0.2) is 43.6 Å². The predicted octanol–water partition coefficient (Wildman–Crippen LogP) is 5.07. The second-order valence-electron chi connectivity index (χ2n) is 9.82. The second-order valence-corrected chi connectivity index (χ2v) is 9.82. The largest absolute Gasteiger partial charge is 0.490 e. The van der Waals surface area contributed by atoms with Crippen molar-refractivity contribution in [3.63, 3.8) is 0 Å². The molecule has 0 bridgehead atoms. The van der Waals surface area contributed by atoms with Crippen LogP contribution in [0, 0.1) is 11.7 Å². The van der Waals surface area contributed by atoms with Gasteiger partial charge in [0.1, 0.15) is 23.9 Å². The average molecular weight is 563 g/mol. The van der Waals surface area contributed by atoms with Gasteiger partial charge in [0.2, 0.25) is 0 Å². The molecule has 0 saturated heterocycles. The molecule has 0 aromatic heterocycles. The van der Waals surface area contributed by atoms with Gasteiger partial charge >= 0.3 is 5.97 Å². The number of halogens is 1. The molecule has 2 N–H and O–H groups in total. The molecule has 1 saturated carbocycles. The van der Waals surface area contributed by atoms with Crippen LogP contribution in [-0.2, 0) is 16.1 Å². The number of carbonyl (C=O) groups excluding carboxylic acids is 3. The molecule has 9 heteroatoms. The van der Waals surface area contributed by atoms with Crippen LogP contribution in [0.3, 0.4) is 0 Å². The molecule has 4 rings (SSSR count). The zero-order valence-corrected chi connectivity index (χ0v) is 23.1. The van der Waals surface area contributed by atoms with E-state index in [2.05, 4.69) is 10.6 Å². The number of benzene rings is 3. The predicted molar refractivity (Wildman–Crippen MR) is 151 cm³/mol. The smallest absolute Gasteiger partial charge is 0.308 e. The molecule has 1 aliphatic rings. The summed E-state index contributed by atoms with van der Waals surface area (Å²) in [4.78, 5) is 36.8. The molecule has 0 aliphatic heterocycles. The fourth-order valence-corrected chi connectivity index (χ4v) is 4.61. The summed E-state index contributed by atoms with van der Waals surface area (Å²) in [5.41, 5.74) is 1.66. The van der Waals surface area contributed by atoms with Crippen LogP contribution in [0.25, 0.3) is 0 Å². The van der Waals surface area contributed by atoms with Crippen LogP contribution in [0.4, 0.5) is 4.39 Å². The molecular weight excluding hydrogens is 527 g/mol. The van der Waals surface area contributed by atoms with Crippen molar-refractivity contribution in [2.75, 3.05) is 19.7 Å². The van der Waals surface area contributed by atoms with E-state index < -0.39 is 0 Å². The fourth-order valence-electron chi connectivity index (χ4n) is 4.61. The Hall–Kier alpha value is -4.40. The fraction of sp³-hybridized carbons (Fsp3) is 0.344. The Morgan fingerprint density at radius 1 is 0.805 bits per heavy atom. The van der Waals surface area contributed by atoms with E-state index >= 15 is 0 Å². The lowest BCUT2D eigenvalue weighted by Gasteiger charge is -2.27. The minimum atomic E-state index is -0.319. The van der Waals surface area contributed by atoms with E-state index in [0.717, 1.165) is 25.7 Å². The minimum Gasteiger partial charge on any atom is -0.490 e. The molecule has 3 aromatic rings. The van der Waals surface area contributed by atoms with E-state index in [9.17, 15) is 18.8 Å². The van der Waals surface area contributed by atoms with Crippen molar-refractivity contribution in [3.05, 3.63) is 95.3 Å². The third-order valence-corrected chi connectivity index (χ3v) is 6.82. The Morgan fingerprint density at radius 2 is 1.39 bits per heavy atom. The van der Waals surface area contributed by atoms with Crippen molar-refractivity contribution in [1.29, 1.82) is 0 Å². The van der Waals surface area contributed by atoms with Crippen LogP contribution in [0.15, 0.2) is 72.8 Å². The standard InChI is InChI=1S/C32H35FN2O6/c1-2-39-32(38)25-10-16-29(17-11-25)41-28-14-8-24(9-15-28)31(37)35-19-18-34-30(36)23-6-12-27(13-7-23)40-21-22-4-3-5-26(33)20-22/h3-9,12-15,20,25,29H,2,10-11,16-19,21H2,1H3,(H,34,36)(H,35,37). The van der Waals surface area contributed by atoms with Crippen molar-refractivity contribution < 1.29 is 33.0 Å². The van der Waals surface area contributed by atoms with Gasteiger partial charge in [0.15, 0.2) is 0 Å². The number of rotatable bonds is 12. The molecule has 3 aromatic carbocycles. The van der Waals surface area contributed by atoms with Gasteiger partial charge in [-0.3, -0.25) is 14.4 Å². The van der Waals surface area contributed by atoms with Crippen molar-refractivity contribution in [3.8, 4) is 11.5 Å². The van der Waals surface area contributed by atoms with Crippen LogP contribution in [0.1, 0.15) is 58.9 Å². The summed E-state index contributed by atoms with van der Waals surface area (Å²) in [5, 5.41) is 5.57. The highest BCUT2D eigenvalue weighted by Crippen LogP contribution is 2.28. The molecule has 0 spiro atoms. The lowest BCUT2D eigenvalue weighted by molar-refractivity contribution is -0.149. The Labute approximate surface area is 239 Å². The number of hydrogen-bond donors (Lipinski definition) is 2. The number of carbonyl (C=O) groups is 3. The van der Waals surface area contributed by atoms with Crippen molar-refractivity contribution >= 4 is 17.8 Å². The molecule has 41 heavy (non-hydrogen) atoms. The maximum atomic E-state index is 13.3. The van der Waals surface area contributed by atoms with Gasteiger partial charge in [-0.15, -0.1) is 0 Å². The number of ether oxygens (including phenoxy) is 3. The SMILES string of the molecule is CCOC(=O)C1CCC(Oc2ccc(C(=O)NCCNC(=O)c3ccc(OCc4cccc(F)c4)cc3)cc2)CC1. The first kappa shape index (κ1) is 29.6. The molecule has 216 valence electrons. The summed E-state index contributed by atoms with van der Waals surface area (Å²) in [7, 11) is 0. The molecule has 1 aliphatic carbocycles. The number of nitrogens with one attached hydrogen (secondary N) is 2. The third kappa shape index (κ3) is 9.06. The molecule has 1 fully saturated rings. The molecule has 0 radical (unpaired) electrons. The number of amides is 2. The van der Waals surface area contributed by atoms with Crippen molar-refractivity contribution in [2.45, 2.75) is 45.3 Å². The van der Waals surface area contributed by atoms with E-state index in [1.165, 1.54) is 12.1 Å². The lowest BCUT2D eigenvalue weighted by Crippen LogP contribution is -2.34. The van der Waals surface area contributed by atoms with Crippen molar-refractivity contribution in [2.24, 2.45) is 5.92 Å². The van der Waals surface area contributed by atoms with E-state index in [0.29, 0.717) is 34.8 Å². The van der Waals surface area contributed by atoms with E-state index in [-0.39, 0.29) is 55.3 Å². The summed E-state index contributed by atoms with van der Waals surface area (Å²) in [6.07, 6.45) is 3.10. The zero-order chi connectivity index (χ0) is 29.0. The van der Waals surface area contributed by atoms with Crippen molar-refractivity contribution in [1.82, 2.24) is 10.6 Å². The summed E-state index contributed by atoms with van der Waals surface area (Å²) in [6.45, 7) is 2.96. The molecular formula is C32H35FN2O6. The normalized spacial score (nSPS) is 16.3. The van der Waals surface area contributed by atoms with Gasteiger partial charge in [0.05, 0.1) is 18.6 Å². The van der Waals surface area contributed by atoms with Crippen LogP contribution >= 0.6 is 0 Å². The Morgan fingerprint density at radius 3 is 1.95 bits per heavy atom. The minimum absolute atomic E-state index is 0.0351. The first-order valence-corrected chi connectivity index (χ1v) is 13.9. The Balaban J connectivity index is 1.13. The van der Waals surface area contributed by atoms with E-state index in [1.807, 2.05) is 6.92 Å². The maximum absolute atomic E-state index is 13.3. The third-order valence-electron chi connectivity index (χ3n) is 6.82. The second kappa shape index (κ2) is 14.8. The van der Waals surface area contributed by atoms with E-state index in [1.54, 1.807) is 60.7 Å². The summed E-state index contributed by atoms with van der Waals surface area (Å²) >= 11 is 0. The number of hydrogen-bond acceptors (Lipinski definition) is 6. The highest BCUT2D eigenvalue weighted by molar-refractivity contribution is 5.95. The average Bonchev–Trinajstić information content (AvgIpc) is 2.99. The first-order valence-electron chi connectivity index (χ1n) is 13.9. The van der Waals surface area contributed by atoms with Gasteiger partial charge in [-0.1, -0.05) is 12.1 Å². The maximum Gasteiger partial charge on any atom is 0.308 e. The van der Waals surface area contributed by atoms with Crippen LogP contribution < -0.4 is 20.1 Å². The quantitative estimate of drug-likeness (QED) is 0.236. The van der Waals surface area contributed by atoms with Crippen LogP contribution in [0.5, 0.6) is 11.5 Å². The first-order chi connectivity index (χ1) is 19.9. The number of esters is 1. The molecule has 2 amide bonds. The molecule has 8 nitrogen and oxygen atoms in total. The molecule has 0 heterocycles. The molecule has 0 unspecified atom stereocenters. The van der Waals surface area contributed by atoms with Gasteiger partial charge in [0.25, 0.3) is 11.8 Å². The van der Waals surface area contributed by atoms with Gasteiger partial charge in [-0.25, -0.2) is 4.39 Å². The lowest BCUT2D eigenvalue weighted by atomic mass is 9.87. The topological polar surface area (TPSA) is 103 Å². The monoisotopic (exact) mass is 562 g/mol. The summed E-state index contributed by atoms with van der Waals surface area (Å²) in [6, 6.07) is 19.8. The zero-order valence-electron chi connectivity index (χ0n) is 23.1. The van der Waals surface area contributed by atoms with Gasteiger partial charge < -0.3 is 24.8 Å². The van der Waals surface area contributed by atoms with Gasteiger partial charge in [-0.05, 0) is 98.8 Å². The van der Waals surface area contributed by atoms with Gasteiger partial charge in [-0.2, -0.15) is 0 Å². The Bertz CT molecular complexity index is 1300. The highest BCUT2D eigenvalue weighted by Gasteiger charge is 2.28. The Kier molecular flexibility index (Phi) is 10.7. The summed E-state index contributed by atoms with van der Waals surface area (Å²) < 4.78 is 30.1. The van der Waals surface area contributed by atoms with Gasteiger partial charge in [0, 0.05) is 24.2 Å². The van der Waals surface area contributed by atoms with E-state index in [4.69, 9.17) is 14.2 Å². The van der Waals surface area contributed by atoms with Crippen LogP contribution in [0.2, 0.25) is 0 Å². The highest BCUT2D eigenvalue weighted by atomic mass is 19.1.